The van der Waals surface area contributed by atoms with Crippen LogP contribution in [0.3, 0.4) is 0 Å². The lowest BCUT2D eigenvalue weighted by Gasteiger charge is -2.30. The van der Waals surface area contributed by atoms with Crippen LogP contribution in [0.2, 0.25) is 0 Å². The number of rotatable bonds is 7. The Morgan fingerprint density at radius 1 is 0.944 bits per heavy atom. The smallest absolute Gasteiger partial charge is 0.268 e. The molecule has 0 heterocycles. The van der Waals surface area contributed by atoms with Crippen LogP contribution < -0.4 is 26.2 Å². The Balaban J connectivity index is 2.12. The van der Waals surface area contributed by atoms with E-state index in [1.165, 1.54) is 24.3 Å². The fourth-order valence-corrected chi connectivity index (χ4v) is 3.98. The fourth-order valence-electron chi connectivity index (χ4n) is 2.58. The maximum atomic E-state index is 12.8. The fraction of sp³-hybridized carbons (Fsp3) is 0.318. The van der Waals surface area contributed by atoms with Crippen molar-refractivity contribution in [3.05, 3.63) is 59.7 Å². The highest BCUT2D eigenvalue weighted by Crippen LogP contribution is 2.30. The van der Waals surface area contributed by atoms with Crippen LogP contribution in [0, 0.1) is 12.3 Å². The second-order valence-corrected chi connectivity index (χ2v) is 13.2. The SMILES string of the molecule is Cc1ccc(S(=O)(=O)NNC(=O)c2ccccc2NC(=S)NC(NC(=O)C(C)(C)C)C(Cl)(Cl)Cl)cc1. The van der Waals surface area contributed by atoms with E-state index in [-0.39, 0.29) is 21.3 Å². The molecule has 1 unspecified atom stereocenters. The monoisotopic (exact) mass is 593 g/mol. The van der Waals surface area contributed by atoms with Gasteiger partial charge in [-0.1, -0.05) is 85.4 Å². The molecule has 0 radical (unpaired) electrons. The second kappa shape index (κ2) is 11.9. The number of nitrogens with one attached hydrogen (secondary N) is 5. The van der Waals surface area contributed by atoms with Gasteiger partial charge in [0.05, 0.1) is 16.1 Å². The zero-order chi connectivity index (χ0) is 27.3. The number of halogens is 3. The molecule has 196 valence electrons. The summed E-state index contributed by atoms with van der Waals surface area (Å²) in [5.41, 5.74) is 2.59. The number of hydrogen-bond acceptors (Lipinski definition) is 5. The summed E-state index contributed by atoms with van der Waals surface area (Å²) in [5.74, 6) is -1.15. The number of para-hydroxylation sites is 1. The molecule has 0 aliphatic heterocycles. The van der Waals surface area contributed by atoms with Crippen molar-refractivity contribution in [2.45, 2.75) is 42.5 Å². The molecule has 0 saturated heterocycles. The third-order valence-corrected chi connectivity index (χ3v) is 6.75. The minimum absolute atomic E-state index is 0.0137. The van der Waals surface area contributed by atoms with E-state index < -0.39 is 37.2 Å². The number of anilines is 1. The van der Waals surface area contributed by atoms with Crippen LogP contribution in [0.5, 0.6) is 0 Å². The van der Waals surface area contributed by atoms with E-state index in [1.807, 2.05) is 6.92 Å². The average molecular weight is 595 g/mol. The molecule has 9 nitrogen and oxygen atoms in total. The number of hydrogen-bond donors (Lipinski definition) is 5. The molecule has 0 aliphatic carbocycles. The van der Waals surface area contributed by atoms with Gasteiger partial charge in [-0.25, -0.2) is 8.42 Å². The Labute approximate surface area is 230 Å². The maximum Gasteiger partial charge on any atom is 0.268 e. The molecule has 2 aromatic rings. The van der Waals surface area contributed by atoms with Gasteiger partial charge in [0.1, 0.15) is 6.17 Å². The van der Waals surface area contributed by atoms with Crippen LogP contribution in [-0.2, 0) is 14.8 Å². The molecule has 2 rings (SSSR count). The summed E-state index contributed by atoms with van der Waals surface area (Å²) in [6, 6.07) is 12.3. The summed E-state index contributed by atoms with van der Waals surface area (Å²) < 4.78 is 23.0. The van der Waals surface area contributed by atoms with Crippen molar-refractivity contribution in [3.63, 3.8) is 0 Å². The van der Waals surface area contributed by atoms with Gasteiger partial charge in [-0.05, 0) is 43.4 Å². The Morgan fingerprint density at radius 2 is 1.53 bits per heavy atom. The van der Waals surface area contributed by atoms with Gasteiger partial charge in [0, 0.05) is 5.41 Å². The van der Waals surface area contributed by atoms with Gasteiger partial charge in [-0.2, -0.15) is 0 Å². The highest BCUT2D eigenvalue weighted by Gasteiger charge is 2.37. The van der Waals surface area contributed by atoms with E-state index in [4.69, 9.17) is 47.0 Å². The number of benzene rings is 2. The van der Waals surface area contributed by atoms with Gasteiger partial charge < -0.3 is 16.0 Å². The minimum Gasteiger partial charge on any atom is -0.339 e. The zero-order valence-electron chi connectivity index (χ0n) is 19.8. The molecule has 0 bridgehead atoms. The molecular weight excluding hydrogens is 569 g/mol. The van der Waals surface area contributed by atoms with E-state index >= 15 is 0 Å². The topological polar surface area (TPSA) is 128 Å². The van der Waals surface area contributed by atoms with Gasteiger partial charge in [0.25, 0.3) is 15.9 Å². The molecule has 2 amide bonds. The van der Waals surface area contributed by atoms with Crippen molar-refractivity contribution in [1.82, 2.24) is 20.9 Å². The van der Waals surface area contributed by atoms with E-state index in [0.717, 1.165) is 5.56 Å². The molecule has 5 N–H and O–H groups in total. The molecule has 36 heavy (non-hydrogen) atoms. The number of hydrazine groups is 1. The van der Waals surface area contributed by atoms with Crippen molar-refractivity contribution >= 4 is 79.7 Å². The summed E-state index contributed by atoms with van der Waals surface area (Å²) in [6.07, 6.45) is -1.20. The van der Waals surface area contributed by atoms with Gasteiger partial charge >= 0.3 is 0 Å². The average Bonchev–Trinajstić information content (AvgIpc) is 2.76. The summed E-state index contributed by atoms with van der Waals surface area (Å²) in [7, 11) is -4.00. The predicted molar refractivity (Wildman–Crippen MR) is 146 cm³/mol. The van der Waals surface area contributed by atoms with E-state index in [9.17, 15) is 18.0 Å². The molecular formula is C22H26Cl3N5O4S2. The molecule has 0 spiro atoms. The van der Waals surface area contributed by atoms with Crippen LogP contribution in [0.25, 0.3) is 0 Å². The Bertz CT molecular complexity index is 1230. The lowest BCUT2D eigenvalue weighted by atomic mass is 9.95. The van der Waals surface area contributed by atoms with Crippen molar-refractivity contribution in [2.75, 3.05) is 5.32 Å². The van der Waals surface area contributed by atoms with Crippen LogP contribution in [-0.4, -0.2) is 35.3 Å². The van der Waals surface area contributed by atoms with Gasteiger partial charge in [-0.3, -0.25) is 15.0 Å². The van der Waals surface area contributed by atoms with Crippen LogP contribution in [0.4, 0.5) is 5.69 Å². The number of aryl methyl sites for hydroxylation is 1. The van der Waals surface area contributed by atoms with Gasteiger partial charge in [-0.15, -0.1) is 4.83 Å². The number of sulfonamides is 1. The van der Waals surface area contributed by atoms with Gasteiger partial charge in [0.2, 0.25) is 9.70 Å². The van der Waals surface area contributed by atoms with Crippen molar-refractivity contribution < 1.29 is 18.0 Å². The standard InChI is InChI=1S/C22H26Cl3N5O4S2/c1-13-9-11-14(12-10-13)36(33,34)30-29-17(31)15-7-5-6-8-16(15)26-20(35)28-18(22(23,24)25)27-19(32)21(2,3)4/h5-12,18,30H,1-4H3,(H,27,32)(H,29,31)(H2,26,28,35). The second-order valence-electron chi connectivity index (χ2n) is 8.71. The number of alkyl halides is 3. The van der Waals surface area contributed by atoms with Gasteiger partial charge in [0.15, 0.2) is 5.11 Å². The highest BCUT2D eigenvalue weighted by atomic mass is 35.6. The van der Waals surface area contributed by atoms with Crippen molar-refractivity contribution in [1.29, 1.82) is 0 Å². The normalized spacial score (nSPS) is 12.9. The Kier molecular flexibility index (Phi) is 9.97. The summed E-state index contributed by atoms with van der Waals surface area (Å²) in [6.45, 7) is 6.89. The predicted octanol–water partition coefficient (Wildman–Crippen LogP) is 3.76. The van der Waals surface area contributed by atoms with E-state index in [2.05, 4.69) is 26.2 Å². The van der Waals surface area contributed by atoms with Crippen molar-refractivity contribution in [3.8, 4) is 0 Å². The number of carbonyl (C=O) groups excluding carboxylic acids is 2. The summed E-state index contributed by atoms with van der Waals surface area (Å²) >= 11 is 23.3. The molecule has 2 aromatic carbocycles. The Morgan fingerprint density at radius 3 is 2.08 bits per heavy atom. The first-order valence-corrected chi connectivity index (χ1v) is 13.5. The summed E-state index contributed by atoms with van der Waals surface area (Å²) in [4.78, 5) is 27.2. The maximum absolute atomic E-state index is 12.8. The zero-order valence-corrected chi connectivity index (χ0v) is 23.7. The lowest BCUT2D eigenvalue weighted by Crippen LogP contribution is -2.58. The quantitative estimate of drug-likeness (QED) is 0.143. The first-order chi connectivity index (χ1) is 16.5. The number of thiocarbonyl (C=S) groups is 1. The number of amides is 2. The van der Waals surface area contributed by atoms with Crippen molar-refractivity contribution in [2.24, 2.45) is 5.41 Å². The first kappa shape index (κ1) is 30.1. The number of carbonyl (C=O) groups is 2. The lowest BCUT2D eigenvalue weighted by molar-refractivity contribution is -0.129. The van der Waals surface area contributed by atoms with Crippen LogP contribution in [0.15, 0.2) is 53.4 Å². The first-order valence-electron chi connectivity index (χ1n) is 10.4. The molecule has 0 aliphatic rings. The molecule has 1 atom stereocenters. The Hall–Kier alpha value is -2.15. The summed E-state index contributed by atoms with van der Waals surface area (Å²) in [5, 5.41) is 8.01. The molecule has 0 fully saturated rings. The molecule has 0 saturated carbocycles. The van der Waals surface area contributed by atoms with Crippen LogP contribution >= 0.6 is 47.0 Å². The largest absolute Gasteiger partial charge is 0.339 e. The minimum atomic E-state index is -4.00. The molecule has 14 heteroatoms. The highest BCUT2D eigenvalue weighted by molar-refractivity contribution is 7.89. The third kappa shape index (κ3) is 8.75. The van der Waals surface area contributed by atoms with E-state index in [1.54, 1.807) is 45.0 Å². The van der Waals surface area contributed by atoms with Crippen LogP contribution in [0.1, 0.15) is 36.7 Å². The third-order valence-electron chi connectivity index (χ3n) is 4.61. The molecule has 0 aromatic heterocycles. The van der Waals surface area contributed by atoms with E-state index in [0.29, 0.717) is 0 Å².